The maximum Gasteiger partial charge on any atom is 0.271 e. The average Bonchev–Trinajstić information content (AvgIpc) is 2.43. The van der Waals surface area contributed by atoms with E-state index in [0.29, 0.717) is 20.7 Å². The number of carbonyl (C=O) groups is 1. The first-order valence-electron chi connectivity index (χ1n) is 5.59. The lowest BCUT2D eigenvalue weighted by molar-refractivity contribution is -0.384. The van der Waals surface area contributed by atoms with Crippen LogP contribution in [0.2, 0.25) is 10.0 Å². The van der Waals surface area contributed by atoms with Crippen molar-refractivity contribution in [1.29, 1.82) is 0 Å². The SMILES string of the molecule is O=C(Nc1ccc([N+](=O)[O-])cc1Cl)c1ccc(Cl)c(Br)c1. The molecule has 2 rings (SSSR count). The van der Waals surface area contributed by atoms with Crippen LogP contribution in [-0.2, 0) is 0 Å². The Bertz CT molecular complexity index is 737. The molecule has 21 heavy (non-hydrogen) atoms. The van der Waals surface area contributed by atoms with Crippen LogP contribution in [0.4, 0.5) is 11.4 Å². The monoisotopic (exact) mass is 388 g/mol. The summed E-state index contributed by atoms with van der Waals surface area (Å²) >= 11 is 15.0. The van der Waals surface area contributed by atoms with Gasteiger partial charge in [-0.15, -0.1) is 0 Å². The van der Waals surface area contributed by atoms with Crippen LogP contribution in [0.15, 0.2) is 40.9 Å². The van der Waals surface area contributed by atoms with Gasteiger partial charge in [0.05, 0.1) is 20.7 Å². The van der Waals surface area contributed by atoms with E-state index in [4.69, 9.17) is 23.2 Å². The maximum atomic E-state index is 12.1. The number of hydrogen-bond donors (Lipinski definition) is 1. The summed E-state index contributed by atoms with van der Waals surface area (Å²) in [6.45, 7) is 0. The number of non-ortho nitro benzene ring substituents is 1. The topological polar surface area (TPSA) is 72.2 Å². The average molecular weight is 390 g/mol. The number of nitrogens with zero attached hydrogens (tertiary/aromatic N) is 1. The summed E-state index contributed by atoms with van der Waals surface area (Å²) < 4.78 is 0.589. The summed E-state index contributed by atoms with van der Waals surface area (Å²) in [6.07, 6.45) is 0. The molecule has 2 aromatic carbocycles. The molecule has 1 N–H and O–H groups in total. The van der Waals surface area contributed by atoms with Gasteiger partial charge >= 0.3 is 0 Å². The molecule has 0 atom stereocenters. The Hall–Kier alpha value is -1.63. The molecule has 0 aliphatic carbocycles. The van der Waals surface area contributed by atoms with Gasteiger partial charge in [-0.2, -0.15) is 0 Å². The Morgan fingerprint density at radius 1 is 1.14 bits per heavy atom. The number of benzene rings is 2. The van der Waals surface area contributed by atoms with Crippen LogP contribution in [0.5, 0.6) is 0 Å². The van der Waals surface area contributed by atoms with Gasteiger partial charge in [0.15, 0.2) is 0 Å². The van der Waals surface area contributed by atoms with Gasteiger partial charge < -0.3 is 5.32 Å². The highest BCUT2D eigenvalue weighted by molar-refractivity contribution is 9.10. The highest BCUT2D eigenvalue weighted by Crippen LogP contribution is 2.28. The third-order valence-corrected chi connectivity index (χ3v) is 4.12. The lowest BCUT2D eigenvalue weighted by Gasteiger charge is -2.08. The predicted octanol–water partition coefficient (Wildman–Crippen LogP) is 4.92. The molecule has 0 bridgehead atoms. The molecule has 0 fully saturated rings. The summed E-state index contributed by atoms with van der Waals surface area (Å²) in [5.41, 5.74) is 0.520. The third-order valence-electron chi connectivity index (χ3n) is 2.59. The quantitative estimate of drug-likeness (QED) is 0.598. The van der Waals surface area contributed by atoms with Crippen LogP contribution in [0.25, 0.3) is 0 Å². The van der Waals surface area contributed by atoms with Gasteiger partial charge in [0.25, 0.3) is 11.6 Å². The normalized spacial score (nSPS) is 10.2. The maximum absolute atomic E-state index is 12.1. The van der Waals surface area contributed by atoms with Gasteiger partial charge in [0.2, 0.25) is 0 Å². The number of anilines is 1. The third kappa shape index (κ3) is 3.72. The first-order chi connectivity index (χ1) is 9.88. The largest absolute Gasteiger partial charge is 0.321 e. The van der Waals surface area contributed by atoms with Crippen LogP contribution in [0, 0.1) is 10.1 Å². The van der Waals surface area contributed by atoms with E-state index in [1.54, 1.807) is 18.2 Å². The van der Waals surface area contributed by atoms with Gasteiger partial charge in [0, 0.05) is 22.2 Å². The molecule has 0 saturated heterocycles. The summed E-state index contributed by atoms with van der Waals surface area (Å²) in [5.74, 6) is -0.400. The van der Waals surface area contributed by atoms with E-state index in [0.717, 1.165) is 0 Å². The van der Waals surface area contributed by atoms with Crippen LogP contribution >= 0.6 is 39.1 Å². The molecular formula is C13H7BrCl2N2O3. The summed E-state index contributed by atoms with van der Waals surface area (Å²) in [7, 11) is 0. The number of nitrogens with one attached hydrogen (secondary N) is 1. The molecular weight excluding hydrogens is 383 g/mol. The highest BCUT2D eigenvalue weighted by atomic mass is 79.9. The van der Waals surface area contributed by atoms with Crippen molar-refractivity contribution in [3.63, 3.8) is 0 Å². The van der Waals surface area contributed by atoms with E-state index in [1.807, 2.05) is 0 Å². The fraction of sp³-hybridized carbons (Fsp3) is 0. The Balaban J connectivity index is 2.23. The first-order valence-corrected chi connectivity index (χ1v) is 7.13. The summed E-state index contributed by atoms with van der Waals surface area (Å²) in [6, 6.07) is 8.52. The second kappa shape index (κ2) is 6.43. The molecule has 108 valence electrons. The van der Waals surface area contributed by atoms with Crippen molar-refractivity contribution in [1.82, 2.24) is 0 Å². The number of nitro benzene ring substituents is 1. The molecule has 5 nitrogen and oxygen atoms in total. The van der Waals surface area contributed by atoms with Crippen molar-refractivity contribution in [3.8, 4) is 0 Å². The molecule has 2 aromatic rings. The smallest absolute Gasteiger partial charge is 0.271 e. The van der Waals surface area contributed by atoms with E-state index in [2.05, 4.69) is 21.2 Å². The molecule has 0 radical (unpaired) electrons. The van der Waals surface area contributed by atoms with E-state index >= 15 is 0 Å². The number of nitro groups is 1. The fourth-order valence-electron chi connectivity index (χ4n) is 1.55. The second-order valence-corrected chi connectivity index (χ2v) is 5.67. The zero-order valence-electron chi connectivity index (χ0n) is 10.3. The van der Waals surface area contributed by atoms with Gasteiger partial charge in [0.1, 0.15) is 0 Å². The molecule has 0 aromatic heterocycles. The van der Waals surface area contributed by atoms with Gasteiger partial charge in [-0.05, 0) is 40.2 Å². The molecule has 0 aliphatic heterocycles. The molecule has 0 saturated carbocycles. The summed E-state index contributed by atoms with van der Waals surface area (Å²) in [4.78, 5) is 22.1. The van der Waals surface area contributed by atoms with Crippen molar-refractivity contribution in [3.05, 3.63) is 66.6 Å². The second-order valence-electron chi connectivity index (χ2n) is 4.00. The van der Waals surface area contributed by atoms with E-state index in [9.17, 15) is 14.9 Å². The van der Waals surface area contributed by atoms with E-state index in [-0.39, 0.29) is 10.7 Å². The van der Waals surface area contributed by atoms with Gasteiger partial charge in [-0.25, -0.2) is 0 Å². The zero-order valence-corrected chi connectivity index (χ0v) is 13.4. The molecule has 1 amide bonds. The van der Waals surface area contributed by atoms with Gasteiger partial charge in [-0.3, -0.25) is 14.9 Å². The van der Waals surface area contributed by atoms with Crippen LogP contribution in [0.3, 0.4) is 0 Å². The van der Waals surface area contributed by atoms with Crippen LogP contribution in [-0.4, -0.2) is 10.8 Å². The zero-order chi connectivity index (χ0) is 15.6. The number of rotatable bonds is 3. The van der Waals surface area contributed by atoms with Crippen LogP contribution < -0.4 is 5.32 Å². The molecule has 8 heteroatoms. The van der Waals surface area contributed by atoms with Crippen molar-refractivity contribution in [2.45, 2.75) is 0 Å². The van der Waals surface area contributed by atoms with Crippen LogP contribution in [0.1, 0.15) is 10.4 Å². The Kier molecular flexibility index (Phi) is 4.82. The van der Waals surface area contributed by atoms with E-state index < -0.39 is 10.8 Å². The number of amides is 1. The molecule has 0 unspecified atom stereocenters. The standard InChI is InChI=1S/C13H7BrCl2N2O3/c14-9-5-7(1-3-10(9)15)13(19)17-12-4-2-8(18(20)21)6-11(12)16/h1-6H,(H,17,19). The number of carbonyl (C=O) groups excluding carboxylic acids is 1. The summed E-state index contributed by atoms with van der Waals surface area (Å²) in [5, 5.41) is 13.8. The first kappa shape index (κ1) is 15.8. The molecule has 0 spiro atoms. The lowest BCUT2D eigenvalue weighted by atomic mass is 10.2. The predicted molar refractivity (Wildman–Crippen MR) is 85.2 cm³/mol. The highest BCUT2D eigenvalue weighted by Gasteiger charge is 2.13. The number of hydrogen-bond acceptors (Lipinski definition) is 3. The van der Waals surface area contributed by atoms with Crippen molar-refractivity contribution in [2.75, 3.05) is 5.32 Å². The Labute approximate surface area is 138 Å². The number of halogens is 3. The Morgan fingerprint density at radius 3 is 2.43 bits per heavy atom. The van der Waals surface area contributed by atoms with Crippen molar-refractivity contribution >= 4 is 56.4 Å². The fourth-order valence-corrected chi connectivity index (χ4v) is 2.27. The van der Waals surface area contributed by atoms with Gasteiger partial charge in [-0.1, -0.05) is 23.2 Å². The minimum atomic E-state index is -0.562. The minimum absolute atomic E-state index is 0.0885. The van der Waals surface area contributed by atoms with Crippen molar-refractivity contribution < 1.29 is 9.72 Å². The minimum Gasteiger partial charge on any atom is -0.321 e. The Morgan fingerprint density at radius 2 is 1.86 bits per heavy atom. The molecule has 0 heterocycles. The molecule has 0 aliphatic rings. The lowest BCUT2D eigenvalue weighted by Crippen LogP contribution is -2.12. The van der Waals surface area contributed by atoms with Crippen molar-refractivity contribution in [2.24, 2.45) is 0 Å². The van der Waals surface area contributed by atoms with E-state index in [1.165, 1.54) is 18.2 Å².